The lowest BCUT2D eigenvalue weighted by atomic mass is 10.1. The SMILES string of the molecule is CNCCc1ccc(OC(C)C)c(Cl)c1. The Hall–Kier alpha value is -0.730. The molecule has 0 aliphatic carbocycles. The molecule has 3 heteroatoms. The fraction of sp³-hybridized carbons (Fsp3) is 0.500. The summed E-state index contributed by atoms with van der Waals surface area (Å²) >= 11 is 6.11. The third kappa shape index (κ3) is 4.10. The van der Waals surface area contributed by atoms with E-state index in [4.69, 9.17) is 16.3 Å². The third-order valence-electron chi connectivity index (χ3n) is 2.02. The minimum atomic E-state index is 0.158. The molecule has 1 N–H and O–H groups in total. The van der Waals surface area contributed by atoms with Crippen LogP contribution in [0.15, 0.2) is 18.2 Å². The van der Waals surface area contributed by atoms with Crippen LogP contribution in [-0.4, -0.2) is 19.7 Å². The molecular formula is C12H18ClNO. The molecule has 1 aromatic rings. The summed E-state index contributed by atoms with van der Waals surface area (Å²) in [6.07, 6.45) is 1.14. The third-order valence-corrected chi connectivity index (χ3v) is 2.32. The van der Waals surface area contributed by atoms with Gasteiger partial charge < -0.3 is 10.1 Å². The van der Waals surface area contributed by atoms with Gasteiger partial charge in [0, 0.05) is 0 Å². The first-order valence-electron chi connectivity index (χ1n) is 5.23. The summed E-state index contributed by atoms with van der Waals surface area (Å²) in [4.78, 5) is 0. The lowest BCUT2D eigenvalue weighted by Gasteiger charge is -2.12. The van der Waals surface area contributed by atoms with E-state index in [9.17, 15) is 0 Å². The van der Waals surface area contributed by atoms with Gasteiger partial charge in [0.1, 0.15) is 5.75 Å². The van der Waals surface area contributed by atoms with E-state index in [0.29, 0.717) is 5.02 Å². The second-order valence-corrected chi connectivity index (χ2v) is 4.19. The summed E-state index contributed by atoms with van der Waals surface area (Å²) < 4.78 is 5.56. The minimum absolute atomic E-state index is 0.158. The van der Waals surface area contributed by atoms with Crippen molar-refractivity contribution in [2.75, 3.05) is 13.6 Å². The Balaban J connectivity index is 2.70. The zero-order valence-electron chi connectivity index (χ0n) is 9.51. The summed E-state index contributed by atoms with van der Waals surface area (Å²) in [5.41, 5.74) is 1.23. The molecule has 0 saturated heterocycles. The van der Waals surface area contributed by atoms with Crippen molar-refractivity contribution in [1.29, 1.82) is 0 Å². The van der Waals surface area contributed by atoms with E-state index in [1.165, 1.54) is 5.56 Å². The molecule has 84 valence electrons. The van der Waals surface area contributed by atoms with Crippen molar-refractivity contribution in [3.05, 3.63) is 28.8 Å². The molecule has 0 saturated carbocycles. The van der Waals surface area contributed by atoms with Crippen LogP contribution >= 0.6 is 11.6 Å². The highest BCUT2D eigenvalue weighted by Gasteiger charge is 2.04. The van der Waals surface area contributed by atoms with Gasteiger partial charge in [-0.05, 0) is 51.6 Å². The fourth-order valence-electron chi connectivity index (χ4n) is 1.32. The maximum atomic E-state index is 6.11. The molecule has 0 heterocycles. The minimum Gasteiger partial charge on any atom is -0.489 e. The van der Waals surface area contributed by atoms with E-state index in [0.717, 1.165) is 18.7 Å². The number of rotatable bonds is 5. The molecule has 0 atom stereocenters. The molecule has 0 fully saturated rings. The Morgan fingerprint density at radius 3 is 2.67 bits per heavy atom. The van der Waals surface area contributed by atoms with Crippen LogP contribution in [0, 0.1) is 0 Å². The molecule has 2 nitrogen and oxygen atoms in total. The first kappa shape index (κ1) is 12.3. The molecule has 0 aromatic heterocycles. The topological polar surface area (TPSA) is 21.3 Å². The Labute approximate surface area is 96.6 Å². The molecule has 0 radical (unpaired) electrons. The summed E-state index contributed by atoms with van der Waals surface area (Å²) in [6.45, 7) is 4.94. The summed E-state index contributed by atoms with van der Waals surface area (Å²) in [5.74, 6) is 0.764. The van der Waals surface area contributed by atoms with Gasteiger partial charge in [0.15, 0.2) is 0 Å². The first-order valence-corrected chi connectivity index (χ1v) is 5.61. The van der Waals surface area contributed by atoms with Gasteiger partial charge in [0.2, 0.25) is 0 Å². The average molecular weight is 228 g/mol. The second-order valence-electron chi connectivity index (χ2n) is 3.78. The normalized spacial score (nSPS) is 10.7. The lowest BCUT2D eigenvalue weighted by molar-refractivity contribution is 0.242. The van der Waals surface area contributed by atoms with Crippen molar-refractivity contribution in [3.8, 4) is 5.75 Å². The van der Waals surface area contributed by atoms with Gasteiger partial charge in [-0.1, -0.05) is 17.7 Å². The molecule has 0 aliphatic heterocycles. The number of halogens is 1. The number of benzene rings is 1. The highest BCUT2D eigenvalue weighted by molar-refractivity contribution is 6.32. The van der Waals surface area contributed by atoms with E-state index in [1.807, 2.05) is 33.0 Å². The Bertz CT molecular complexity index is 312. The van der Waals surface area contributed by atoms with Crippen molar-refractivity contribution >= 4 is 11.6 Å². The predicted octanol–water partition coefficient (Wildman–Crippen LogP) is 2.89. The molecule has 0 aliphatic rings. The number of hydrogen-bond acceptors (Lipinski definition) is 2. The first-order chi connectivity index (χ1) is 7.13. The number of ether oxygens (including phenoxy) is 1. The molecule has 15 heavy (non-hydrogen) atoms. The molecule has 0 unspecified atom stereocenters. The molecule has 1 aromatic carbocycles. The van der Waals surface area contributed by atoms with Crippen LogP contribution in [0.4, 0.5) is 0 Å². The van der Waals surface area contributed by atoms with Crippen molar-refractivity contribution in [2.24, 2.45) is 0 Å². The summed E-state index contributed by atoms with van der Waals surface area (Å²) in [6, 6.07) is 5.96. The van der Waals surface area contributed by atoms with Gasteiger partial charge in [-0.25, -0.2) is 0 Å². The van der Waals surface area contributed by atoms with Gasteiger partial charge in [-0.15, -0.1) is 0 Å². The van der Waals surface area contributed by atoms with Crippen LogP contribution in [0.3, 0.4) is 0 Å². The van der Waals surface area contributed by atoms with E-state index in [1.54, 1.807) is 0 Å². The smallest absolute Gasteiger partial charge is 0.138 e. The summed E-state index contributed by atoms with van der Waals surface area (Å²) in [7, 11) is 1.94. The fourth-order valence-corrected chi connectivity index (χ4v) is 1.57. The zero-order valence-corrected chi connectivity index (χ0v) is 10.3. The monoisotopic (exact) mass is 227 g/mol. The standard InChI is InChI=1S/C12H18ClNO/c1-9(2)15-12-5-4-10(6-7-14-3)8-11(12)13/h4-5,8-9,14H,6-7H2,1-3H3. The van der Waals surface area contributed by atoms with Gasteiger partial charge in [-0.3, -0.25) is 0 Å². The van der Waals surface area contributed by atoms with Gasteiger partial charge in [0.25, 0.3) is 0 Å². The Kier molecular flexibility index (Phi) is 4.92. The van der Waals surface area contributed by atoms with Crippen LogP contribution in [0.2, 0.25) is 5.02 Å². The number of likely N-dealkylation sites (N-methyl/N-ethyl adjacent to an activating group) is 1. The van der Waals surface area contributed by atoms with Crippen molar-refractivity contribution in [1.82, 2.24) is 5.32 Å². The van der Waals surface area contributed by atoms with E-state index in [2.05, 4.69) is 11.4 Å². The largest absolute Gasteiger partial charge is 0.489 e. The van der Waals surface area contributed by atoms with Crippen LogP contribution in [0.1, 0.15) is 19.4 Å². The Morgan fingerprint density at radius 1 is 1.40 bits per heavy atom. The van der Waals surface area contributed by atoms with Crippen molar-refractivity contribution < 1.29 is 4.74 Å². The predicted molar refractivity (Wildman–Crippen MR) is 64.8 cm³/mol. The molecule has 1 rings (SSSR count). The Morgan fingerprint density at radius 2 is 2.13 bits per heavy atom. The van der Waals surface area contributed by atoms with Crippen molar-refractivity contribution in [3.63, 3.8) is 0 Å². The van der Waals surface area contributed by atoms with Crippen LogP contribution in [-0.2, 0) is 6.42 Å². The van der Waals surface area contributed by atoms with Gasteiger partial charge in [0.05, 0.1) is 11.1 Å². The number of hydrogen-bond donors (Lipinski definition) is 1. The molecule has 0 bridgehead atoms. The van der Waals surface area contributed by atoms with Gasteiger partial charge >= 0.3 is 0 Å². The highest BCUT2D eigenvalue weighted by atomic mass is 35.5. The molecule has 0 amide bonds. The van der Waals surface area contributed by atoms with E-state index in [-0.39, 0.29) is 6.10 Å². The van der Waals surface area contributed by atoms with Crippen LogP contribution < -0.4 is 10.1 Å². The number of nitrogens with one attached hydrogen (secondary N) is 1. The lowest BCUT2D eigenvalue weighted by Crippen LogP contribution is -2.10. The highest BCUT2D eigenvalue weighted by Crippen LogP contribution is 2.26. The molecular weight excluding hydrogens is 210 g/mol. The molecule has 0 spiro atoms. The van der Waals surface area contributed by atoms with E-state index >= 15 is 0 Å². The second kappa shape index (κ2) is 5.99. The maximum absolute atomic E-state index is 6.11. The van der Waals surface area contributed by atoms with Crippen LogP contribution in [0.5, 0.6) is 5.75 Å². The van der Waals surface area contributed by atoms with Crippen molar-refractivity contribution in [2.45, 2.75) is 26.4 Å². The van der Waals surface area contributed by atoms with Gasteiger partial charge in [-0.2, -0.15) is 0 Å². The van der Waals surface area contributed by atoms with E-state index < -0.39 is 0 Å². The maximum Gasteiger partial charge on any atom is 0.138 e. The zero-order chi connectivity index (χ0) is 11.3. The quantitative estimate of drug-likeness (QED) is 0.835. The van der Waals surface area contributed by atoms with Crippen LogP contribution in [0.25, 0.3) is 0 Å². The summed E-state index contributed by atoms with van der Waals surface area (Å²) in [5, 5.41) is 3.80. The average Bonchev–Trinajstić information content (AvgIpc) is 2.18.